The minimum absolute atomic E-state index is 0.373. The van der Waals surface area contributed by atoms with Crippen molar-refractivity contribution in [3.63, 3.8) is 0 Å². The van der Waals surface area contributed by atoms with Crippen LogP contribution in [0.2, 0.25) is 0 Å². The third kappa shape index (κ3) is 20.3. The van der Waals surface area contributed by atoms with Crippen LogP contribution < -0.4 is 0 Å². The number of hydrogen-bond donors (Lipinski definition) is 1. The molecule has 22 heavy (non-hydrogen) atoms. The fourth-order valence-electron chi connectivity index (χ4n) is 2.79. The fraction of sp³-hybridized carbons (Fsp3) is 1.00. The van der Waals surface area contributed by atoms with Gasteiger partial charge in [0.25, 0.3) is 0 Å². The molecule has 0 saturated carbocycles. The van der Waals surface area contributed by atoms with Gasteiger partial charge in [0.05, 0.1) is 0 Å². The summed E-state index contributed by atoms with van der Waals surface area (Å²) in [6.45, 7) is 2.65. The summed E-state index contributed by atoms with van der Waals surface area (Å²) >= 11 is 2.15. The molecule has 0 aliphatic rings. The molecule has 0 amide bonds. The second kappa shape index (κ2) is 21.3. The van der Waals surface area contributed by atoms with Crippen molar-refractivity contribution in [3.05, 3.63) is 0 Å². The Bertz CT molecular complexity index is 165. The molecule has 0 aliphatic carbocycles. The molecule has 0 aromatic rings. The zero-order valence-corrected chi connectivity index (χ0v) is 16.1. The third-order valence-electron chi connectivity index (χ3n) is 4.34. The van der Waals surface area contributed by atoms with Gasteiger partial charge in [-0.1, -0.05) is 90.4 Å². The number of unbranched alkanes of at least 4 members (excludes halogenated alkanes) is 14. The molecule has 0 heterocycles. The number of aliphatic hydroxyl groups is 1. The minimum atomic E-state index is 0.373. The van der Waals surface area contributed by atoms with E-state index in [1.54, 1.807) is 0 Å². The molecule has 0 unspecified atom stereocenters. The van der Waals surface area contributed by atoms with Gasteiger partial charge in [-0.05, 0) is 30.8 Å². The van der Waals surface area contributed by atoms with Gasteiger partial charge >= 0.3 is 0 Å². The SMILES string of the molecule is CCCCSCCCCCCCCCCCCCCCCO. The maximum atomic E-state index is 8.70. The van der Waals surface area contributed by atoms with E-state index in [2.05, 4.69) is 18.7 Å². The summed E-state index contributed by atoms with van der Waals surface area (Å²) in [5, 5.41) is 8.70. The highest BCUT2D eigenvalue weighted by molar-refractivity contribution is 7.99. The van der Waals surface area contributed by atoms with Crippen molar-refractivity contribution < 1.29 is 5.11 Å². The van der Waals surface area contributed by atoms with Gasteiger partial charge in [-0.2, -0.15) is 11.8 Å². The van der Waals surface area contributed by atoms with E-state index in [1.165, 1.54) is 108 Å². The Labute approximate surface area is 145 Å². The summed E-state index contributed by atoms with van der Waals surface area (Å²) in [7, 11) is 0. The van der Waals surface area contributed by atoms with E-state index in [-0.39, 0.29) is 0 Å². The van der Waals surface area contributed by atoms with Crippen molar-refractivity contribution in [2.75, 3.05) is 18.1 Å². The maximum absolute atomic E-state index is 8.70. The molecule has 1 nitrogen and oxygen atoms in total. The van der Waals surface area contributed by atoms with Crippen LogP contribution in [0.25, 0.3) is 0 Å². The van der Waals surface area contributed by atoms with Crippen molar-refractivity contribution in [1.82, 2.24) is 0 Å². The molecule has 0 aromatic carbocycles. The van der Waals surface area contributed by atoms with Crippen LogP contribution in [-0.2, 0) is 0 Å². The zero-order chi connectivity index (χ0) is 16.1. The lowest BCUT2D eigenvalue weighted by Crippen LogP contribution is -1.86. The predicted molar refractivity (Wildman–Crippen MR) is 104 cm³/mol. The van der Waals surface area contributed by atoms with E-state index in [0.29, 0.717) is 6.61 Å². The van der Waals surface area contributed by atoms with Crippen LogP contribution in [0.15, 0.2) is 0 Å². The zero-order valence-electron chi connectivity index (χ0n) is 15.3. The molecule has 0 spiro atoms. The van der Waals surface area contributed by atoms with Crippen molar-refractivity contribution in [2.24, 2.45) is 0 Å². The van der Waals surface area contributed by atoms with Gasteiger partial charge in [0, 0.05) is 6.61 Å². The monoisotopic (exact) mass is 330 g/mol. The Kier molecular flexibility index (Phi) is 21.6. The number of thioether (sulfide) groups is 1. The second-order valence-electron chi connectivity index (χ2n) is 6.64. The Morgan fingerprint density at radius 1 is 0.500 bits per heavy atom. The number of aliphatic hydroxyl groups excluding tert-OH is 1. The van der Waals surface area contributed by atoms with Gasteiger partial charge in [-0.25, -0.2) is 0 Å². The fourth-order valence-corrected chi connectivity index (χ4v) is 3.89. The van der Waals surface area contributed by atoms with Crippen molar-refractivity contribution in [1.29, 1.82) is 0 Å². The highest BCUT2D eigenvalue weighted by atomic mass is 32.2. The smallest absolute Gasteiger partial charge is 0.0431 e. The first-order valence-electron chi connectivity index (χ1n) is 10.1. The highest BCUT2D eigenvalue weighted by Crippen LogP contribution is 2.14. The molecular weight excluding hydrogens is 288 g/mol. The quantitative estimate of drug-likeness (QED) is 0.258. The molecule has 0 aromatic heterocycles. The first kappa shape index (κ1) is 22.3. The van der Waals surface area contributed by atoms with Crippen LogP contribution in [0.3, 0.4) is 0 Å². The predicted octanol–water partition coefficient (Wildman–Crippen LogP) is 6.97. The van der Waals surface area contributed by atoms with E-state index in [4.69, 9.17) is 5.11 Å². The summed E-state index contributed by atoms with van der Waals surface area (Å²) in [4.78, 5) is 0. The Morgan fingerprint density at radius 3 is 1.27 bits per heavy atom. The van der Waals surface area contributed by atoms with Crippen molar-refractivity contribution >= 4 is 11.8 Å². The topological polar surface area (TPSA) is 20.2 Å². The highest BCUT2D eigenvalue weighted by Gasteiger charge is 1.94. The summed E-state index contributed by atoms with van der Waals surface area (Å²) in [6, 6.07) is 0. The van der Waals surface area contributed by atoms with E-state index >= 15 is 0 Å². The van der Waals surface area contributed by atoms with Crippen LogP contribution in [0.5, 0.6) is 0 Å². The molecule has 0 atom stereocenters. The van der Waals surface area contributed by atoms with Gasteiger partial charge in [0.1, 0.15) is 0 Å². The van der Waals surface area contributed by atoms with Crippen LogP contribution in [-0.4, -0.2) is 23.2 Å². The second-order valence-corrected chi connectivity index (χ2v) is 7.86. The van der Waals surface area contributed by atoms with Gasteiger partial charge in [-0.15, -0.1) is 0 Å². The number of hydrogen-bond acceptors (Lipinski definition) is 2. The standard InChI is InChI=1S/C20H42OS/c1-2-3-19-22-20-17-15-13-11-9-7-5-4-6-8-10-12-14-16-18-21/h21H,2-20H2,1H3. The lowest BCUT2D eigenvalue weighted by Gasteiger charge is -2.03. The van der Waals surface area contributed by atoms with Crippen LogP contribution in [0.4, 0.5) is 0 Å². The van der Waals surface area contributed by atoms with Gasteiger partial charge in [0.2, 0.25) is 0 Å². The molecule has 134 valence electrons. The van der Waals surface area contributed by atoms with Crippen molar-refractivity contribution in [3.8, 4) is 0 Å². The van der Waals surface area contributed by atoms with Crippen LogP contribution in [0.1, 0.15) is 110 Å². The maximum Gasteiger partial charge on any atom is 0.0431 e. The van der Waals surface area contributed by atoms with E-state index < -0.39 is 0 Å². The molecule has 0 saturated heterocycles. The van der Waals surface area contributed by atoms with E-state index in [0.717, 1.165) is 6.42 Å². The molecule has 0 radical (unpaired) electrons. The average molecular weight is 331 g/mol. The largest absolute Gasteiger partial charge is 0.396 e. The van der Waals surface area contributed by atoms with Gasteiger partial charge in [-0.3, -0.25) is 0 Å². The molecule has 0 rings (SSSR count). The van der Waals surface area contributed by atoms with Gasteiger partial charge in [0.15, 0.2) is 0 Å². The molecule has 0 fully saturated rings. The normalized spacial score (nSPS) is 11.2. The van der Waals surface area contributed by atoms with Gasteiger partial charge < -0.3 is 5.11 Å². The Morgan fingerprint density at radius 2 is 0.864 bits per heavy atom. The molecule has 1 N–H and O–H groups in total. The molecular formula is C20H42OS. The first-order chi connectivity index (χ1) is 10.9. The minimum Gasteiger partial charge on any atom is -0.396 e. The van der Waals surface area contributed by atoms with E-state index in [9.17, 15) is 0 Å². The van der Waals surface area contributed by atoms with Crippen LogP contribution >= 0.6 is 11.8 Å². The average Bonchev–Trinajstić information content (AvgIpc) is 2.54. The van der Waals surface area contributed by atoms with E-state index in [1.807, 2.05) is 0 Å². The third-order valence-corrected chi connectivity index (χ3v) is 5.49. The van der Waals surface area contributed by atoms with Crippen molar-refractivity contribution in [2.45, 2.75) is 110 Å². The lowest BCUT2D eigenvalue weighted by molar-refractivity contribution is 0.282. The number of rotatable bonds is 19. The molecule has 0 bridgehead atoms. The summed E-state index contributed by atoms with van der Waals surface area (Å²) in [6.07, 6.45) is 22.1. The first-order valence-corrected chi connectivity index (χ1v) is 11.3. The Balaban J connectivity index is 2.91. The summed E-state index contributed by atoms with van der Waals surface area (Å²) in [5.74, 6) is 2.76. The Hall–Kier alpha value is 0.310. The molecule has 2 heteroatoms. The van der Waals surface area contributed by atoms with Crippen LogP contribution in [0, 0.1) is 0 Å². The summed E-state index contributed by atoms with van der Waals surface area (Å²) < 4.78 is 0. The lowest BCUT2D eigenvalue weighted by atomic mass is 10.0. The summed E-state index contributed by atoms with van der Waals surface area (Å²) in [5.41, 5.74) is 0. The molecule has 0 aliphatic heterocycles.